The van der Waals surface area contributed by atoms with E-state index in [9.17, 15) is 0 Å². The van der Waals surface area contributed by atoms with Gasteiger partial charge in [-0.15, -0.1) is 0 Å². The fourth-order valence-corrected chi connectivity index (χ4v) is 0.949. The molecule has 0 aromatic heterocycles. The molecule has 6 N–H and O–H groups in total. The minimum atomic E-state index is 0. The van der Waals surface area contributed by atoms with Gasteiger partial charge in [-0.2, -0.15) is 0 Å². The molecule has 0 saturated heterocycles. The van der Waals surface area contributed by atoms with Crippen LogP contribution in [0.2, 0.25) is 0 Å². The van der Waals surface area contributed by atoms with Crippen LogP contribution in [0.4, 0.5) is 11.4 Å². The number of hydrogen-bond acceptors (Lipinski definition) is 4. The van der Waals surface area contributed by atoms with Crippen molar-refractivity contribution in [3.05, 3.63) is 48.5 Å². The van der Waals surface area contributed by atoms with Gasteiger partial charge < -0.3 is 21.7 Å². The third-order valence-corrected chi connectivity index (χ3v) is 1.79. The van der Waals surface area contributed by atoms with E-state index in [1.807, 2.05) is 0 Å². The molecule has 0 amide bonds. The largest absolute Gasteiger partial charge is 0.508 e. The molecule has 0 atom stereocenters. The number of rotatable bonds is 0. The van der Waals surface area contributed by atoms with Gasteiger partial charge in [0.05, 0.1) is 0 Å². The summed E-state index contributed by atoms with van der Waals surface area (Å²) >= 11 is 0. The number of anilines is 2. The van der Waals surface area contributed by atoms with Gasteiger partial charge in [-0.05, 0) is 48.5 Å². The molecule has 0 heterocycles. The van der Waals surface area contributed by atoms with E-state index >= 15 is 0 Å². The first kappa shape index (κ1) is 15.2. The van der Waals surface area contributed by atoms with Crippen LogP contribution in [0.15, 0.2) is 48.5 Å². The summed E-state index contributed by atoms with van der Waals surface area (Å²) < 4.78 is 0. The maximum absolute atomic E-state index is 8.70. The van der Waals surface area contributed by atoms with Gasteiger partial charge in [0.1, 0.15) is 11.5 Å². The van der Waals surface area contributed by atoms with Crippen molar-refractivity contribution in [2.75, 3.05) is 11.5 Å². The van der Waals surface area contributed by atoms with Crippen LogP contribution in [0.5, 0.6) is 11.5 Å². The van der Waals surface area contributed by atoms with Gasteiger partial charge in [-0.25, -0.2) is 0 Å². The second kappa shape index (κ2) is 7.44. The quantitative estimate of drug-likeness (QED) is 0.337. The Bertz CT molecular complexity index is 344. The Balaban J connectivity index is 0.000000284. The molecular weight excluding hydrogens is 268 g/mol. The van der Waals surface area contributed by atoms with Crippen molar-refractivity contribution in [2.45, 2.75) is 0 Å². The molecule has 0 unspecified atom stereocenters. The van der Waals surface area contributed by atoms with Gasteiger partial charge in [0.2, 0.25) is 0 Å². The van der Waals surface area contributed by atoms with Crippen LogP contribution >= 0.6 is 0 Å². The van der Waals surface area contributed by atoms with Crippen LogP contribution in [-0.4, -0.2) is 10.2 Å². The van der Waals surface area contributed by atoms with Crippen molar-refractivity contribution in [1.82, 2.24) is 0 Å². The summed E-state index contributed by atoms with van der Waals surface area (Å²) in [6.07, 6.45) is 0. The monoisotopic (exact) mass is 281 g/mol. The molecule has 2 aromatic carbocycles. The van der Waals surface area contributed by atoms with Gasteiger partial charge in [0, 0.05) is 28.4 Å². The molecule has 17 heavy (non-hydrogen) atoms. The SMILES string of the molecule is Nc1ccc(O)cc1.Nc1ccc(O)cc1.[Cu]. The predicted octanol–water partition coefficient (Wildman–Crippen LogP) is 1.95. The minimum Gasteiger partial charge on any atom is -0.508 e. The summed E-state index contributed by atoms with van der Waals surface area (Å²) in [5.74, 6) is 0.499. The standard InChI is InChI=1S/2C6H7NO.Cu/c2*7-5-1-3-6(8)4-2-5;/h2*1-4,8H,7H2;. The topological polar surface area (TPSA) is 92.5 Å². The zero-order chi connectivity index (χ0) is 12.0. The van der Waals surface area contributed by atoms with Crippen LogP contribution in [0, 0.1) is 0 Å². The summed E-state index contributed by atoms with van der Waals surface area (Å²) in [6, 6.07) is 12.8. The Morgan fingerprint density at radius 2 is 0.824 bits per heavy atom. The number of nitrogens with two attached hydrogens (primary N) is 2. The average molecular weight is 282 g/mol. The second-order valence-corrected chi connectivity index (χ2v) is 3.18. The number of phenols is 2. The van der Waals surface area contributed by atoms with E-state index in [2.05, 4.69) is 0 Å². The summed E-state index contributed by atoms with van der Waals surface area (Å²) in [5, 5.41) is 17.4. The summed E-state index contributed by atoms with van der Waals surface area (Å²) in [7, 11) is 0. The fraction of sp³-hybridized carbons (Fsp3) is 0. The molecule has 0 bridgehead atoms. The average Bonchev–Trinajstić information content (AvgIpc) is 2.28. The molecule has 0 spiro atoms. The molecule has 0 saturated carbocycles. The van der Waals surface area contributed by atoms with E-state index in [4.69, 9.17) is 21.7 Å². The fourth-order valence-electron chi connectivity index (χ4n) is 0.949. The van der Waals surface area contributed by atoms with Crippen LogP contribution < -0.4 is 11.5 Å². The molecule has 5 heteroatoms. The van der Waals surface area contributed by atoms with Crippen LogP contribution in [0.3, 0.4) is 0 Å². The summed E-state index contributed by atoms with van der Waals surface area (Å²) in [6.45, 7) is 0. The number of nitrogen functional groups attached to an aromatic ring is 2. The van der Waals surface area contributed by atoms with Gasteiger partial charge in [-0.3, -0.25) is 0 Å². The Labute approximate surface area is 110 Å². The summed E-state index contributed by atoms with van der Waals surface area (Å²) in [4.78, 5) is 0. The van der Waals surface area contributed by atoms with Crippen molar-refractivity contribution in [3.63, 3.8) is 0 Å². The smallest absolute Gasteiger partial charge is 0.115 e. The zero-order valence-corrected chi connectivity index (χ0v) is 9.91. The first-order valence-corrected chi connectivity index (χ1v) is 4.67. The first-order chi connectivity index (χ1) is 7.58. The summed E-state index contributed by atoms with van der Waals surface area (Å²) in [5.41, 5.74) is 12.0. The molecule has 2 aromatic rings. The van der Waals surface area contributed by atoms with Gasteiger partial charge in [0.25, 0.3) is 0 Å². The van der Waals surface area contributed by atoms with Crippen LogP contribution in [-0.2, 0) is 17.1 Å². The van der Waals surface area contributed by atoms with Crippen molar-refractivity contribution >= 4 is 11.4 Å². The van der Waals surface area contributed by atoms with Gasteiger partial charge in [0.15, 0.2) is 0 Å². The van der Waals surface area contributed by atoms with E-state index < -0.39 is 0 Å². The molecule has 2 rings (SSSR count). The van der Waals surface area contributed by atoms with Gasteiger partial charge in [-0.1, -0.05) is 0 Å². The van der Waals surface area contributed by atoms with E-state index in [1.165, 1.54) is 0 Å². The maximum Gasteiger partial charge on any atom is 0.115 e. The van der Waals surface area contributed by atoms with Gasteiger partial charge >= 0.3 is 0 Å². The second-order valence-electron chi connectivity index (χ2n) is 3.18. The zero-order valence-electron chi connectivity index (χ0n) is 8.97. The number of hydrogen-bond donors (Lipinski definition) is 4. The normalized spacial score (nSPS) is 8.47. The number of phenolic OH excluding ortho intramolecular Hbond substituents is 2. The molecule has 0 aliphatic heterocycles. The van der Waals surface area contributed by atoms with Crippen molar-refractivity contribution < 1.29 is 27.3 Å². The molecule has 0 fully saturated rings. The Kier molecular flexibility index (Phi) is 6.63. The number of aromatic hydroxyl groups is 2. The van der Waals surface area contributed by atoms with E-state index in [0.29, 0.717) is 11.4 Å². The number of benzene rings is 2. The molecule has 0 aliphatic carbocycles. The molecule has 0 aliphatic rings. The maximum atomic E-state index is 8.70. The molecule has 95 valence electrons. The van der Waals surface area contributed by atoms with Crippen molar-refractivity contribution in [2.24, 2.45) is 0 Å². The van der Waals surface area contributed by atoms with Crippen molar-refractivity contribution in [1.29, 1.82) is 0 Å². The molecular formula is C12H14CuN2O2. The first-order valence-electron chi connectivity index (χ1n) is 4.67. The molecule has 1 radical (unpaired) electrons. The Morgan fingerprint density at radius 3 is 1.00 bits per heavy atom. The van der Waals surface area contributed by atoms with Crippen molar-refractivity contribution in [3.8, 4) is 11.5 Å². The van der Waals surface area contributed by atoms with E-state index in [-0.39, 0.29) is 28.6 Å². The Hall–Kier alpha value is -1.84. The van der Waals surface area contributed by atoms with Crippen LogP contribution in [0.25, 0.3) is 0 Å². The Morgan fingerprint density at radius 1 is 0.588 bits per heavy atom. The third kappa shape index (κ3) is 6.35. The van der Waals surface area contributed by atoms with Crippen LogP contribution in [0.1, 0.15) is 0 Å². The minimum absolute atomic E-state index is 0. The predicted molar refractivity (Wildman–Crippen MR) is 65.0 cm³/mol. The third-order valence-electron chi connectivity index (χ3n) is 1.79. The van der Waals surface area contributed by atoms with E-state index in [0.717, 1.165) is 0 Å². The van der Waals surface area contributed by atoms with E-state index in [1.54, 1.807) is 48.5 Å². The molecule has 4 nitrogen and oxygen atoms in total.